The lowest BCUT2D eigenvalue weighted by Gasteiger charge is -2.12. The molecule has 0 fully saturated rings. The molecule has 0 amide bonds. The Balaban J connectivity index is 1.85. The van der Waals surface area contributed by atoms with Gasteiger partial charge in [-0.25, -0.2) is 0 Å². The molecule has 2 rings (SSSR count). The van der Waals surface area contributed by atoms with Gasteiger partial charge in [-0.15, -0.1) is 0 Å². The molecule has 1 unspecified atom stereocenters. The molecule has 2 aromatic heterocycles. The predicted molar refractivity (Wildman–Crippen MR) is 71.3 cm³/mol. The van der Waals surface area contributed by atoms with Crippen LogP contribution in [-0.2, 0) is 20.5 Å². The SMILES string of the molecule is Cc1nn(C)cc1C(C)NCCc1cnn(C)c1. The van der Waals surface area contributed by atoms with Gasteiger partial charge in [-0.1, -0.05) is 0 Å². The Labute approximate surface area is 108 Å². The molecule has 18 heavy (non-hydrogen) atoms. The van der Waals surface area contributed by atoms with E-state index in [1.54, 1.807) is 0 Å². The molecule has 1 atom stereocenters. The number of hydrogen-bond donors (Lipinski definition) is 1. The lowest BCUT2D eigenvalue weighted by molar-refractivity contribution is 0.574. The Morgan fingerprint density at radius 3 is 2.61 bits per heavy atom. The second kappa shape index (κ2) is 5.35. The van der Waals surface area contributed by atoms with Crippen LogP contribution >= 0.6 is 0 Å². The topological polar surface area (TPSA) is 47.7 Å². The quantitative estimate of drug-likeness (QED) is 0.867. The van der Waals surface area contributed by atoms with Gasteiger partial charge in [-0.2, -0.15) is 10.2 Å². The second-order valence-electron chi connectivity index (χ2n) is 4.79. The summed E-state index contributed by atoms with van der Waals surface area (Å²) in [5.74, 6) is 0. The van der Waals surface area contributed by atoms with Gasteiger partial charge in [0.25, 0.3) is 0 Å². The molecule has 0 aliphatic carbocycles. The van der Waals surface area contributed by atoms with Crippen molar-refractivity contribution in [3.63, 3.8) is 0 Å². The minimum atomic E-state index is 0.329. The van der Waals surface area contributed by atoms with Crippen molar-refractivity contribution in [1.29, 1.82) is 0 Å². The highest BCUT2D eigenvalue weighted by Crippen LogP contribution is 2.15. The number of nitrogens with one attached hydrogen (secondary N) is 1. The van der Waals surface area contributed by atoms with Crippen LogP contribution in [0.15, 0.2) is 18.6 Å². The van der Waals surface area contributed by atoms with E-state index in [0.717, 1.165) is 18.7 Å². The van der Waals surface area contributed by atoms with E-state index < -0.39 is 0 Å². The third-order valence-corrected chi connectivity index (χ3v) is 3.14. The zero-order chi connectivity index (χ0) is 13.1. The van der Waals surface area contributed by atoms with Crippen molar-refractivity contribution < 1.29 is 0 Å². The molecule has 5 heteroatoms. The summed E-state index contributed by atoms with van der Waals surface area (Å²) in [5.41, 5.74) is 3.63. The summed E-state index contributed by atoms with van der Waals surface area (Å²) in [6, 6.07) is 0.329. The maximum Gasteiger partial charge on any atom is 0.0641 e. The Morgan fingerprint density at radius 1 is 1.28 bits per heavy atom. The Hall–Kier alpha value is -1.62. The van der Waals surface area contributed by atoms with Crippen molar-refractivity contribution in [2.45, 2.75) is 26.3 Å². The van der Waals surface area contributed by atoms with Crippen LogP contribution in [0.4, 0.5) is 0 Å². The summed E-state index contributed by atoms with van der Waals surface area (Å²) < 4.78 is 3.70. The van der Waals surface area contributed by atoms with Gasteiger partial charge in [0.05, 0.1) is 11.9 Å². The summed E-state index contributed by atoms with van der Waals surface area (Å²) in [4.78, 5) is 0. The van der Waals surface area contributed by atoms with E-state index in [1.165, 1.54) is 11.1 Å². The average Bonchev–Trinajstić information content (AvgIpc) is 2.85. The highest BCUT2D eigenvalue weighted by Gasteiger charge is 2.10. The number of hydrogen-bond acceptors (Lipinski definition) is 3. The van der Waals surface area contributed by atoms with Crippen LogP contribution in [0.3, 0.4) is 0 Å². The zero-order valence-electron chi connectivity index (χ0n) is 11.5. The first-order valence-corrected chi connectivity index (χ1v) is 6.27. The van der Waals surface area contributed by atoms with Crippen LogP contribution in [0.2, 0.25) is 0 Å². The molecule has 0 aromatic carbocycles. The van der Waals surface area contributed by atoms with Gasteiger partial charge in [-0.05, 0) is 32.4 Å². The largest absolute Gasteiger partial charge is 0.310 e. The van der Waals surface area contributed by atoms with Gasteiger partial charge in [0.15, 0.2) is 0 Å². The van der Waals surface area contributed by atoms with E-state index in [0.29, 0.717) is 6.04 Å². The van der Waals surface area contributed by atoms with E-state index >= 15 is 0 Å². The fourth-order valence-electron chi connectivity index (χ4n) is 2.19. The smallest absolute Gasteiger partial charge is 0.0641 e. The molecular formula is C13H21N5. The molecule has 0 bridgehead atoms. The Bertz CT molecular complexity index is 511. The highest BCUT2D eigenvalue weighted by atomic mass is 15.3. The minimum Gasteiger partial charge on any atom is -0.310 e. The molecule has 0 spiro atoms. The summed E-state index contributed by atoms with van der Waals surface area (Å²) in [7, 11) is 3.90. The molecular weight excluding hydrogens is 226 g/mol. The van der Waals surface area contributed by atoms with Gasteiger partial charge in [0.1, 0.15) is 0 Å². The van der Waals surface area contributed by atoms with E-state index in [4.69, 9.17) is 0 Å². The molecule has 5 nitrogen and oxygen atoms in total. The lowest BCUT2D eigenvalue weighted by Crippen LogP contribution is -2.21. The second-order valence-corrected chi connectivity index (χ2v) is 4.79. The van der Waals surface area contributed by atoms with Crippen LogP contribution < -0.4 is 5.32 Å². The minimum absolute atomic E-state index is 0.329. The molecule has 98 valence electrons. The molecule has 0 aliphatic heterocycles. The summed E-state index contributed by atoms with van der Waals surface area (Å²) in [6.45, 7) is 5.17. The third kappa shape index (κ3) is 2.98. The van der Waals surface area contributed by atoms with E-state index in [-0.39, 0.29) is 0 Å². The van der Waals surface area contributed by atoms with Crippen molar-refractivity contribution >= 4 is 0 Å². The number of aryl methyl sites for hydroxylation is 3. The first kappa shape index (κ1) is 12.8. The Morgan fingerprint density at radius 2 is 2.06 bits per heavy atom. The van der Waals surface area contributed by atoms with E-state index in [9.17, 15) is 0 Å². The van der Waals surface area contributed by atoms with Crippen molar-refractivity contribution in [1.82, 2.24) is 24.9 Å². The maximum absolute atomic E-state index is 4.37. The van der Waals surface area contributed by atoms with Crippen molar-refractivity contribution in [3.05, 3.63) is 35.4 Å². The lowest BCUT2D eigenvalue weighted by atomic mass is 10.1. The van der Waals surface area contributed by atoms with Crippen molar-refractivity contribution in [3.8, 4) is 0 Å². The van der Waals surface area contributed by atoms with Crippen LogP contribution in [0.25, 0.3) is 0 Å². The predicted octanol–water partition coefficient (Wildman–Crippen LogP) is 1.36. The van der Waals surface area contributed by atoms with Crippen LogP contribution in [0.1, 0.15) is 29.8 Å². The average molecular weight is 247 g/mol. The molecule has 1 N–H and O–H groups in total. The van der Waals surface area contributed by atoms with Gasteiger partial charge in [0, 0.05) is 38.1 Å². The molecule has 2 aromatic rings. The fourth-order valence-corrected chi connectivity index (χ4v) is 2.19. The first-order valence-electron chi connectivity index (χ1n) is 6.27. The normalized spacial score (nSPS) is 12.9. The molecule has 0 aliphatic rings. The van der Waals surface area contributed by atoms with E-state index in [1.807, 2.05) is 29.7 Å². The number of rotatable bonds is 5. The molecule has 0 saturated heterocycles. The van der Waals surface area contributed by atoms with Crippen molar-refractivity contribution in [2.24, 2.45) is 14.1 Å². The van der Waals surface area contributed by atoms with Crippen LogP contribution in [0, 0.1) is 6.92 Å². The van der Waals surface area contributed by atoms with Gasteiger partial charge >= 0.3 is 0 Å². The zero-order valence-corrected chi connectivity index (χ0v) is 11.5. The monoisotopic (exact) mass is 247 g/mol. The van der Waals surface area contributed by atoms with Crippen molar-refractivity contribution in [2.75, 3.05) is 6.54 Å². The number of aromatic nitrogens is 4. The van der Waals surface area contributed by atoms with Crippen LogP contribution in [0.5, 0.6) is 0 Å². The Kier molecular flexibility index (Phi) is 3.81. The first-order chi connectivity index (χ1) is 8.56. The number of nitrogens with zero attached hydrogens (tertiary/aromatic N) is 4. The molecule has 2 heterocycles. The highest BCUT2D eigenvalue weighted by molar-refractivity contribution is 5.19. The van der Waals surface area contributed by atoms with Gasteiger partial charge in [-0.3, -0.25) is 9.36 Å². The third-order valence-electron chi connectivity index (χ3n) is 3.14. The van der Waals surface area contributed by atoms with Crippen LogP contribution in [-0.4, -0.2) is 26.1 Å². The molecule has 0 saturated carbocycles. The maximum atomic E-state index is 4.37. The summed E-state index contributed by atoms with van der Waals surface area (Å²) >= 11 is 0. The standard InChI is InChI=1S/C13H21N5/c1-10(13-9-18(4)16-11(13)2)14-6-5-12-7-15-17(3)8-12/h7-10,14H,5-6H2,1-4H3. The van der Waals surface area contributed by atoms with Gasteiger partial charge in [0.2, 0.25) is 0 Å². The van der Waals surface area contributed by atoms with Gasteiger partial charge < -0.3 is 5.32 Å². The van der Waals surface area contributed by atoms with E-state index in [2.05, 4.69) is 41.8 Å². The summed E-state index contributed by atoms with van der Waals surface area (Å²) in [6.07, 6.45) is 7.05. The summed E-state index contributed by atoms with van der Waals surface area (Å²) in [5, 5.41) is 12.1. The fraction of sp³-hybridized carbons (Fsp3) is 0.538. The molecule has 0 radical (unpaired) electrons.